The highest BCUT2D eigenvalue weighted by molar-refractivity contribution is 5.88. The van der Waals surface area contributed by atoms with Crippen molar-refractivity contribution in [2.75, 3.05) is 13.2 Å². The van der Waals surface area contributed by atoms with Gasteiger partial charge < -0.3 is 20.5 Å². The fraction of sp³-hybridized carbons (Fsp3) is 0.250. The average molecular weight is 473 g/mol. The van der Waals surface area contributed by atoms with Gasteiger partial charge in [-0.3, -0.25) is 4.79 Å². The maximum Gasteiger partial charge on any atom is 0.407 e. The third-order valence-corrected chi connectivity index (χ3v) is 6.29. The molecule has 0 aliphatic heterocycles. The van der Waals surface area contributed by atoms with Gasteiger partial charge in [0.05, 0.1) is 5.41 Å². The van der Waals surface area contributed by atoms with Crippen LogP contribution in [0.2, 0.25) is 0 Å². The summed E-state index contributed by atoms with van der Waals surface area (Å²) in [6.45, 7) is 3.42. The Morgan fingerprint density at radius 2 is 1.43 bits per heavy atom. The number of carboxylic acids is 1. The van der Waals surface area contributed by atoms with Crippen molar-refractivity contribution in [2.24, 2.45) is 5.41 Å². The number of alkyl carbamates (subject to hydrolysis) is 1. The molecule has 0 saturated carbocycles. The number of carboxylic acid groups (broad SMARTS) is 1. The Kier molecular flexibility index (Phi) is 6.87. The van der Waals surface area contributed by atoms with Crippen LogP contribution in [0, 0.1) is 5.41 Å². The minimum atomic E-state index is -1.18. The van der Waals surface area contributed by atoms with Crippen molar-refractivity contribution in [1.82, 2.24) is 10.6 Å². The number of hydrogen-bond donors (Lipinski definition) is 3. The molecule has 0 aromatic heterocycles. The number of aliphatic carboxylic acids is 1. The monoisotopic (exact) mass is 472 g/mol. The van der Waals surface area contributed by atoms with Gasteiger partial charge in [-0.05, 0) is 41.7 Å². The highest BCUT2D eigenvalue weighted by Gasteiger charge is 2.33. The summed E-state index contributed by atoms with van der Waals surface area (Å²) in [7, 11) is 0. The normalized spacial score (nSPS) is 13.3. The predicted octanol–water partition coefficient (Wildman–Crippen LogP) is 4.49. The number of ether oxygens (including phenoxy) is 1. The van der Waals surface area contributed by atoms with Crippen LogP contribution in [-0.2, 0) is 14.3 Å². The van der Waals surface area contributed by atoms with Crippen molar-refractivity contribution in [2.45, 2.75) is 25.8 Å². The lowest BCUT2D eigenvalue weighted by molar-refractivity contribution is -0.143. The molecule has 1 atom stereocenters. The molecule has 7 heteroatoms. The Balaban J connectivity index is 1.34. The fourth-order valence-electron chi connectivity index (χ4n) is 4.28. The van der Waals surface area contributed by atoms with Crippen LogP contribution in [0.3, 0.4) is 0 Å². The van der Waals surface area contributed by atoms with E-state index in [9.17, 15) is 19.5 Å². The maximum atomic E-state index is 12.8. The SMILES string of the molecule is CC(C)(CNC(=O)OCC1c2ccccc2-c2ccccc21)C(=O)N[C@H](C(=O)O)c1ccccc1. The molecule has 0 bridgehead atoms. The summed E-state index contributed by atoms with van der Waals surface area (Å²) in [5.74, 6) is -1.72. The van der Waals surface area contributed by atoms with Gasteiger partial charge >= 0.3 is 12.1 Å². The molecule has 1 aliphatic carbocycles. The van der Waals surface area contributed by atoms with E-state index >= 15 is 0 Å². The van der Waals surface area contributed by atoms with Crippen LogP contribution >= 0.6 is 0 Å². The molecule has 3 aromatic carbocycles. The molecule has 4 rings (SSSR count). The predicted molar refractivity (Wildman–Crippen MR) is 132 cm³/mol. The first-order chi connectivity index (χ1) is 16.8. The number of amides is 2. The maximum absolute atomic E-state index is 12.8. The van der Waals surface area contributed by atoms with Gasteiger partial charge in [-0.1, -0.05) is 78.9 Å². The van der Waals surface area contributed by atoms with Crippen molar-refractivity contribution in [3.05, 3.63) is 95.6 Å². The van der Waals surface area contributed by atoms with E-state index in [-0.39, 0.29) is 19.1 Å². The van der Waals surface area contributed by atoms with Gasteiger partial charge in [0.15, 0.2) is 6.04 Å². The van der Waals surface area contributed by atoms with E-state index in [4.69, 9.17) is 4.74 Å². The topological polar surface area (TPSA) is 105 Å². The lowest BCUT2D eigenvalue weighted by Crippen LogP contribution is -2.47. The van der Waals surface area contributed by atoms with Crippen LogP contribution in [0.25, 0.3) is 11.1 Å². The molecule has 7 nitrogen and oxygen atoms in total. The van der Waals surface area contributed by atoms with Gasteiger partial charge in [-0.15, -0.1) is 0 Å². The summed E-state index contributed by atoms with van der Waals surface area (Å²) in [6.07, 6.45) is -0.634. The molecule has 0 saturated heterocycles. The number of benzene rings is 3. The second-order valence-corrected chi connectivity index (χ2v) is 9.22. The zero-order valence-electron chi connectivity index (χ0n) is 19.7. The van der Waals surface area contributed by atoms with Gasteiger partial charge in [0, 0.05) is 12.5 Å². The van der Waals surface area contributed by atoms with E-state index in [0.29, 0.717) is 5.56 Å². The van der Waals surface area contributed by atoms with Crippen molar-refractivity contribution >= 4 is 18.0 Å². The van der Waals surface area contributed by atoms with E-state index in [0.717, 1.165) is 22.3 Å². The molecule has 1 aliphatic rings. The first-order valence-corrected chi connectivity index (χ1v) is 11.5. The van der Waals surface area contributed by atoms with E-state index in [1.54, 1.807) is 44.2 Å². The minimum absolute atomic E-state index is 0.0172. The van der Waals surface area contributed by atoms with Crippen molar-refractivity contribution in [3.8, 4) is 11.1 Å². The number of rotatable bonds is 8. The molecule has 0 fully saturated rings. The molecule has 0 spiro atoms. The quantitative estimate of drug-likeness (QED) is 0.448. The second-order valence-electron chi connectivity index (χ2n) is 9.22. The second kappa shape index (κ2) is 10.0. The largest absolute Gasteiger partial charge is 0.479 e. The number of carbonyl (C=O) groups excluding carboxylic acids is 2. The summed E-state index contributed by atoms with van der Waals surface area (Å²) in [5, 5.41) is 14.8. The third kappa shape index (κ3) is 5.19. The molecule has 0 heterocycles. The van der Waals surface area contributed by atoms with Crippen molar-refractivity contribution in [1.29, 1.82) is 0 Å². The lowest BCUT2D eigenvalue weighted by atomic mass is 9.91. The molecule has 3 N–H and O–H groups in total. The van der Waals surface area contributed by atoms with E-state index in [2.05, 4.69) is 22.8 Å². The molecular formula is C28H28N2O5. The first kappa shape index (κ1) is 24.0. The van der Waals surface area contributed by atoms with Crippen LogP contribution in [0.4, 0.5) is 4.79 Å². The average Bonchev–Trinajstić information content (AvgIpc) is 3.18. The van der Waals surface area contributed by atoms with Crippen molar-refractivity contribution in [3.63, 3.8) is 0 Å². The fourth-order valence-corrected chi connectivity index (χ4v) is 4.28. The Bertz CT molecular complexity index is 1190. The standard InChI is InChI=1S/C28H28N2O5/c1-28(2,26(33)30-24(25(31)32)18-10-4-3-5-11-18)17-29-27(34)35-16-23-21-14-8-6-12-19(21)20-13-7-9-15-22(20)23/h3-15,23-24H,16-17H2,1-2H3,(H,29,34)(H,30,33)(H,31,32)/t24-/m0/s1. The third-order valence-electron chi connectivity index (χ3n) is 6.29. The van der Waals surface area contributed by atoms with Crippen LogP contribution in [0.1, 0.15) is 42.5 Å². The zero-order chi connectivity index (χ0) is 25.0. The van der Waals surface area contributed by atoms with Crippen LogP contribution < -0.4 is 10.6 Å². The first-order valence-electron chi connectivity index (χ1n) is 11.5. The Hall–Kier alpha value is -4.13. The van der Waals surface area contributed by atoms with Crippen LogP contribution in [0.5, 0.6) is 0 Å². The highest BCUT2D eigenvalue weighted by atomic mass is 16.5. The van der Waals surface area contributed by atoms with Gasteiger partial charge in [0.25, 0.3) is 0 Å². The van der Waals surface area contributed by atoms with Crippen LogP contribution in [0.15, 0.2) is 78.9 Å². The van der Waals surface area contributed by atoms with E-state index in [1.165, 1.54) is 0 Å². The smallest absolute Gasteiger partial charge is 0.407 e. The zero-order valence-corrected chi connectivity index (χ0v) is 19.7. The Morgan fingerprint density at radius 3 is 2.00 bits per heavy atom. The summed E-state index contributed by atoms with van der Waals surface area (Å²) in [5.41, 5.74) is 3.91. The number of hydrogen-bond acceptors (Lipinski definition) is 4. The molecule has 180 valence electrons. The molecule has 0 unspecified atom stereocenters. The summed E-state index contributed by atoms with van der Waals surface area (Å²) >= 11 is 0. The molecular weight excluding hydrogens is 444 g/mol. The Labute approximate surface area is 204 Å². The highest BCUT2D eigenvalue weighted by Crippen LogP contribution is 2.44. The number of nitrogens with one attached hydrogen (secondary N) is 2. The number of carbonyl (C=O) groups is 3. The molecule has 2 amide bonds. The summed E-state index contributed by atoms with van der Waals surface area (Å²) in [4.78, 5) is 37.0. The molecule has 3 aromatic rings. The Morgan fingerprint density at radius 1 is 0.886 bits per heavy atom. The molecule has 0 radical (unpaired) electrons. The number of fused-ring (bicyclic) bond motifs is 3. The van der Waals surface area contributed by atoms with Gasteiger partial charge in [-0.25, -0.2) is 9.59 Å². The van der Waals surface area contributed by atoms with E-state index in [1.807, 2.05) is 36.4 Å². The van der Waals surface area contributed by atoms with Gasteiger partial charge in [-0.2, -0.15) is 0 Å². The van der Waals surface area contributed by atoms with E-state index < -0.39 is 29.4 Å². The summed E-state index contributed by atoms with van der Waals surface area (Å²) in [6, 6.07) is 23.4. The lowest BCUT2D eigenvalue weighted by Gasteiger charge is -2.26. The van der Waals surface area contributed by atoms with Crippen LogP contribution in [-0.4, -0.2) is 36.2 Å². The summed E-state index contributed by atoms with van der Waals surface area (Å²) < 4.78 is 5.53. The minimum Gasteiger partial charge on any atom is -0.479 e. The van der Waals surface area contributed by atoms with Gasteiger partial charge in [0.2, 0.25) is 5.91 Å². The van der Waals surface area contributed by atoms with Gasteiger partial charge in [0.1, 0.15) is 6.61 Å². The van der Waals surface area contributed by atoms with Crippen molar-refractivity contribution < 1.29 is 24.2 Å². The molecule has 35 heavy (non-hydrogen) atoms.